The second-order valence-corrected chi connectivity index (χ2v) is 6.12. The average Bonchev–Trinajstić information content (AvgIpc) is 2.33. The molecular weight excluding hydrogens is 269 g/mol. The molecule has 2 nitrogen and oxygen atoms in total. The molecule has 4 heteroatoms. The molecule has 1 saturated carbocycles. The van der Waals surface area contributed by atoms with Crippen molar-refractivity contribution in [1.82, 2.24) is 0 Å². The molecule has 2 rings (SSSR count). The third kappa shape index (κ3) is 3.46. The molecule has 2 atom stereocenters. The largest absolute Gasteiger partial charge is 0.505 e. The summed E-state index contributed by atoms with van der Waals surface area (Å²) in [5.74, 6) is 1.51. The van der Waals surface area contributed by atoms with Gasteiger partial charge in [0.05, 0.1) is 10.0 Å². The Hall–Kier alpha value is -0.600. The highest BCUT2D eigenvalue weighted by molar-refractivity contribution is 6.37. The van der Waals surface area contributed by atoms with Crippen LogP contribution in [0, 0.1) is 11.8 Å². The van der Waals surface area contributed by atoms with Crippen molar-refractivity contribution in [2.75, 3.05) is 11.9 Å². The van der Waals surface area contributed by atoms with Crippen LogP contribution < -0.4 is 5.32 Å². The molecule has 18 heavy (non-hydrogen) atoms. The zero-order valence-corrected chi connectivity index (χ0v) is 12.1. The number of phenolic OH excluding ortho intramolecular Hbond substituents is 1. The lowest BCUT2D eigenvalue weighted by Crippen LogP contribution is -2.20. The fourth-order valence-corrected chi connectivity index (χ4v) is 3.16. The molecule has 2 N–H and O–H groups in total. The number of hydrogen-bond acceptors (Lipinski definition) is 2. The zero-order valence-electron chi connectivity index (χ0n) is 10.5. The molecule has 0 bridgehead atoms. The highest BCUT2D eigenvalue weighted by atomic mass is 35.5. The normalized spacial score (nSPS) is 23.9. The average molecular weight is 288 g/mol. The van der Waals surface area contributed by atoms with E-state index in [-0.39, 0.29) is 5.75 Å². The molecule has 0 aliphatic heterocycles. The summed E-state index contributed by atoms with van der Waals surface area (Å²) in [7, 11) is 0. The topological polar surface area (TPSA) is 32.3 Å². The first-order chi connectivity index (χ1) is 8.56. The van der Waals surface area contributed by atoms with Crippen molar-refractivity contribution in [3.63, 3.8) is 0 Å². The van der Waals surface area contributed by atoms with Gasteiger partial charge in [-0.2, -0.15) is 0 Å². The number of phenols is 1. The smallest absolute Gasteiger partial charge is 0.152 e. The molecule has 1 aromatic carbocycles. The second kappa shape index (κ2) is 6.03. The van der Waals surface area contributed by atoms with Crippen molar-refractivity contribution in [3.8, 4) is 5.75 Å². The van der Waals surface area contributed by atoms with Gasteiger partial charge in [-0.05, 0) is 36.8 Å². The summed E-state index contributed by atoms with van der Waals surface area (Å²) in [6.45, 7) is 3.27. The number of aromatic hydroxyl groups is 1. The number of halogens is 2. The Bertz CT molecular complexity index is 399. The maximum atomic E-state index is 9.49. The van der Waals surface area contributed by atoms with Gasteiger partial charge < -0.3 is 10.4 Å². The summed E-state index contributed by atoms with van der Waals surface area (Å²) < 4.78 is 0. The van der Waals surface area contributed by atoms with Crippen LogP contribution in [0.5, 0.6) is 5.75 Å². The molecule has 2 unspecified atom stereocenters. The maximum Gasteiger partial charge on any atom is 0.152 e. The first-order valence-electron chi connectivity index (χ1n) is 6.48. The fraction of sp³-hybridized carbons (Fsp3) is 0.571. The molecular formula is C14H19Cl2NO. The number of anilines is 1. The third-order valence-electron chi connectivity index (χ3n) is 3.66. The molecule has 0 saturated heterocycles. The van der Waals surface area contributed by atoms with Crippen LogP contribution in [-0.2, 0) is 0 Å². The van der Waals surface area contributed by atoms with Crippen LogP contribution >= 0.6 is 23.2 Å². The third-order valence-corrected chi connectivity index (χ3v) is 4.23. The van der Waals surface area contributed by atoms with E-state index in [0.717, 1.165) is 24.1 Å². The Kier molecular flexibility index (Phi) is 4.63. The van der Waals surface area contributed by atoms with E-state index in [9.17, 15) is 5.11 Å². The lowest BCUT2D eigenvalue weighted by molar-refractivity contribution is 0.293. The summed E-state index contributed by atoms with van der Waals surface area (Å²) >= 11 is 11.8. The van der Waals surface area contributed by atoms with Gasteiger partial charge >= 0.3 is 0 Å². The first kappa shape index (κ1) is 13.8. The van der Waals surface area contributed by atoms with E-state index in [1.54, 1.807) is 12.1 Å². The molecule has 0 radical (unpaired) electrons. The molecule has 0 aromatic heterocycles. The zero-order chi connectivity index (χ0) is 13.1. The summed E-state index contributed by atoms with van der Waals surface area (Å²) in [5.41, 5.74) is 0.876. The fourth-order valence-electron chi connectivity index (χ4n) is 2.67. The standard InChI is InChI=1S/C14H19Cl2NO/c1-9-3-2-4-10(5-9)8-17-11-6-12(15)14(18)13(16)7-11/h6-7,9-10,17-18H,2-5,8H2,1H3. The minimum absolute atomic E-state index is 0.0461. The van der Waals surface area contributed by atoms with Crippen LogP contribution in [0.25, 0.3) is 0 Å². The minimum atomic E-state index is -0.0461. The van der Waals surface area contributed by atoms with Crippen LogP contribution in [0.3, 0.4) is 0 Å². The van der Waals surface area contributed by atoms with Crippen molar-refractivity contribution in [3.05, 3.63) is 22.2 Å². The molecule has 0 amide bonds. The van der Waals surface area contributed by atoms with Gasteiger partial charge in [-0.15, -0.1) is 0 Å². The van der Waals surface area contributed by atoms with E-state index in [1.807, 2.05) is 0 Å². The lowest BCUT2D eigenvalue weighted by Gasteiger charge is -2.27. The Morgan fingerprint density at radius 1 is 1.28 bits per heavy atom. The van der Waals surface area contributed by atoms with Gasteiger partial charge in [-0.1, -0.05) is 43.0 Å². The molecule has 1 aliphatic carbocycles. The Labute approximate surface area is 118 Å². The SMILES string of the molecule is CC1CCCC(CNc2cc(Cl)c(O)c(Cl)c2)C1. The van der Waals surface area contributed by atoms with E-state index in [0.29, 0.717) is 10.0 Å². The van der Waals surface area contributed by atoms with Crippen molar-refractivity contribution < 1.29 is 5.11 Å². The number of rotatable bonds is 3. The summed E-state index contributed by atoms with van der Waals surface area (Å²) in [4.78, 5) is 0. The summed E-state index contributed by atoms with van der Waals surface area (Å²) in [6, 6.07) is 3.43. The first-order valence-corrected chi connectivity index (χ1v) is 7.23. The molecule has 1 aromatic rings. The van der Waals surface area contributed by atoms with Gasteiger partial charge in [0.2, 0.25) is 0 Å². The lowest BCUT2D eigenvalue weighted by atomic mass is 9.82. The van der Waals surface area contributed by atoms with Crippen molar-refractivity contribution in [2.45, 2.75) is 32.6 Å². The Morgan fingerprint density at radius 2 is 1.94 bits per heavy atom. The van der Waals surface area contributed by atoms with E-state index < -0.39 is 0 Å². The van der Waals surface area contributed by atoms with E-state index >= 15 is 0 Å². The minimum Gasteiger partial charge on any atom is -0.505 e. The predicted molar refractivity (Wildman–Crippen MR) is 77.7 cm³/mol. The van der Waals surface area contributed by atoms with E-state index in [4.69, 9.17) is 23.2 Å². The second-order valence-electron chi connectivity index (χ2n) is 5.31. The van der Waals surface area contributed by atoms with E-state index in [2.05, 4.69) is 12.2 Å². The maximum absolute atomic E-state index is 9.49. The highest BCUT2D eigenvalue weighted by Crippen LogP contribution is 2.35. The number of benzene rings is 1. The highest BCUT2D eigenvalue weighted by Gasteiger charge is 2.18. The van der Waals surface area contributed by atoms with Crippen LogP contribution in [-0.4, -0.2) is 11.7 Å². The van der Waals surface area contributed by atoms with Crippen LogP contribution in [0.4, 0.5) is 5.69 Å². The summed E-state index contributed by atoms with van der Waals surface area (Å²) in [5, 5.41) is 13.4. The van der Waals surface area contributed by atoms with Crippen molar-refractivity contribution in [1.29, 1.82) is 0 Å². The molecule has 100 valence electrons. The van der Waals surface area contributed by atoms with Crippen LogP contribution in [0.1, 0.15) is 32.6 Å². The van der Waals surface area contributed by atoms with Crippen molar-refractivity contribution in [2.24, 2.45) is 11.8 Å². The summed E-state index contributed by atoms with van der Waals surface area (Å²) in [6.07, 6.45) is 5.25. The van der Waals surface area contributed by atoms with Gasteiger partial charge in [-0.3, -0.25) is 0 Å². The molecule has 0 spiro atoms. The monoisotopic (exact) mass is 287 g/mol. The molecule has 0 heterocycles. The van der Waals surface area contributed by atoms with Crippen molar-refractivity contribution >= 4 is 28.9 Å². The Morgan fingerprint density at radius 3 is 2.56 bits per heavy atom. The quantitative estimate of drug-likeness (QED) is 0.772. The number of nitrogens with one attached hydrogen (secondary N) is 1. The number of hydrogen-bond donors (Lipinski definition) is 2. The molecule has 1 fully saturated rings. The van der Waals surface area contributed by atoms with Gasteiger partial charge in [0.25, 0.3) is 0 Å². The molecule has 1 aliphatic rings. The van der Waals surface area contributed by atoms with Gasteiger partial charge in [-0.25, -0.2) is 0 Å². The van der Waals surface area contributed by atoms with Gasteiger partial charge in [0.1, 0.15) is 0 Å². The van der Waals surface area contributed by atoms with E-state index in [1.165, 1.54) is 25.7 Å². The predicted octanol–water partition coefficient (Wildman–Crippen LogP) is 4.94. The van der Waals surface area contributed by atoms with Gasteiger partial charge in [0, 0.05) is 12.2 Å². The Balaban J connectivity index is 1.94. The van der Waals surface area contributed by atoms with Gasteiger partial charge in [0.15, 0.2) is 5.75 Å². The van der Waals surface area contributed by atoms with Crippen LogP contribution in [0.2, 0.25) is 10.0 Å². The van der Waals surface area contributed by atoms with Crippen LogP contribution in [0.15, 0.2) is 12.1 Å².